The summed E-state index contributed by atoms with van der Waals surface area (Å²) in [5.74, 6) is -0.263. The standard InChI is InChI=1S/C14H17F3N2O2.ClH/c1-19(13(20)12-3-2-8-18-12)9-10-4-6-11(7-5-10)21-14(15,16)17;/h4-7,12,18H,2-3,8-9H2,1H3;1H. The van der Waals surface area contributed by atoms with E-state index in [2.05, 4.69) is 10.1 Å². The molecule has 124 valence electrons. The third-order valence-electron chi connectivity index (χ3n) is 3.31. The van der Waals surface area contributed by atoms with E-state index >= 15 is 0 Å². The Kier molecular flexibility index (Phi) is 6.49. The van der Waals surface area contributed by atoms with Gasteiger partial charge in [-0.2, -0.15) is 0 Å². The zero-order chi connectivity index (χ0) is 15.5. The van der Waals surface area contributed by atoms with Crippen molar-refractivity contribution < 1.29 is 22.7 Å². The van der Waals surface area contributed by atoms with Crippen LogP contribution in [0.1, 0.15) is 18.4 Å². The second-order valence-corrected chi connectivity index (χ2v) is 5.03. The number of carbonyl (C=O) groups excluding carboxylic acids is 1. The average Bonchev–Trinajstić information content (AvgIpc) is 2.92. The number of ether oxygens (including phenoxy) is 1. The van der Waals surface area contributed by atoms with Gasteiger partial charge in [-0.3, -0.25) is 4.79 Å². The van der Waals surface area contributed by atoms with Gasteiger partial charge in [-0.05, 0) is 37.1 Å². The summed E-state index contributed by atoms with van der Waals surface area (Å²) in [5, 5.41) is 3.12. The van der Waals surface area contributed by atoms with E-state index in [1.54, 1.807) is 11.9 Å². The Morgan fingerprint density at radius 2 is 2.00 bits per heavy atom. The lowest BCUT2D eigenvalue weighted by atomic mass is 10.1. The molecular weight excluding hydrogens is 321 g/mol. The highest BCUT2D eigenvalue weighted by Gasteiger charge is 2.31. The molecule has 1 amide bonds. The molecule has 1 heterocycles. The summed E-state index contributed by atoms with van der Waals surface area (Å²) in [4.78, 5) is 13.7. The number of nitrogens with zero attached hydrogens (tertiary/aromatic N) is 1. The van der Waals surface area contributed by atoms with Gasteiger partial charge < -0.3 is 15.0 Å². The molecule has 2 rings (SSSR count). The number of rotatable bonds is 4. The molecule has 4 nitrogen and oxygen atoms in total. The molecule has 1 aliphatic rings. The third-order valence-corrected chi connectivity index (χ3v) is 3.31. The first-order valence-electron chi connectivity index (χ1n) is 6.68. The van der Waals surface area contributed by atoms with Crippen molar-refractivity contribution in [3.63, 3.8) is 0 Å². The smallest absolute Gasteiger partial charge is 0.406 e. The number of amides is 1. The van der Waals surface area contributed by atoms with Crippen molar-refractivity contribution in [2.75, 3.05) is 13.6 Å². The molecule has 0 radical (unpaired) electrons. The van der Waals surface area contributed by atoms with Crippen LogP contribution >= 0.6 is 12.4 Å². The topological polar surface area (TPSA) is 41.6 Å². The number of likely N-dealkylation sites (N-methyl/N-ethyl adjacent to an activating group) is 1. The minimum absolute atomic E-state index is 0. The number of hydrogen-bond donors (Lipinski definition) is 1. The Morgan fingerprint density at radius 3 is 2.50 bits per heavy atom. The highest BCUT2D eigenvalue weighted by atomic mass is 35.5. The maximum Gasteiger partial charge on any atom is 0.573 e. The molecule has 1 aromatic carbocycles. The molecule has 22 heavy (non-hydrogen) atoms. The van der Waals surface area contributed by atoms with Gasteiger partial charge in [0.15, 0.2) is 0 Å². The van der Waals surface area contributed by atoms with Crippen LogP contribution in [0.3, 0.4) is 0 Å². The maximum atomic E-state index is 12.1. The molecule has 0 aromatic heterocycles. The van der Waals surface area contributed by atoms with Crippen molar-refractivity contribution in [1.29, 1.82) is 0 Å². The van der Waals surface area contributed by atoms with E-state index in [1.807, 2.05) is 0 Å². The summed E-state index contributed by atoms with van der Waals surface area (Å²) >= 11 is 0. The molecule has 8 heteroatoms. The van der Waals surface area contributed by atoms with Gasteiger partial charge in [0.05, 0.1) is 6.04 Å². The number of halogens is 4. The van der Waals surface area contributed by atoms with E-state index < -0.39 is 6.36 Å². The number of alkyl halides is 3. The van der Waals surface area contributed by atoms with Crippen LogP contribution < -0.4 is 10.1 Å². The van der Waals surface area contributed by atoms with Crippen LogP contribution in [0.4, 0.5) is 13.2 Å². The number of hydrogen-bond acceptors (Lipinski definition) is 3. The van der Waals surface area contributed by atoms with Gasteiger partial charge in [0.2, 0.25) is 5.91 Å². The molecule has 1 atom stereocenters. The fourth-order valence-electron chi connectivity index (χ4n) is 2.31. The molecule has 1 unspecified atom stereocenters. The number of nitrogens with one attached hydrogen (secondary N) is 1. The number of benzene rings is 1. The van der Waals surface area contributed by atoms with Crippen LogP contribution in [0.5, 0.6) is 5.75 Å². The van der Waals surface area contributed by atoms with Crippen LogP contribution in [0, 0.1) is 0 Å². The van der Waals surface area contributed by atoms with Crippen molar-refractivity contribution >= 4 is 18.3 Å². The third kappa shape index (κ3) is 5.38. The van der Waals surface area contributed by atoms with Gasteiger partial charge in [0, 0.05) is 13.6 Å². The minimum Gasteiger partial charge on any atom is -0.406 e. The summed E-state index contributed by atoms with van der Waals surface area (Å²) in [6.45, 7) is 1.19. The summed E-state index contributed by atoms with van der Waals surface area (Å²) in [6, 6.07) is 5.38. The zero-order valence-corrected chi connectivity index (χ0v) is 12.8. The average molecular weight is 339 g/mol. The van der Waals surface area contributed by atoms with Crippen LogP contribution in [-0.4, -0.2) is 36.8 Å². The highest BCUT2D eigenvalue weighted by Crippen LogP contribution is 2.23. The first-order chi connectivity index (χ1) is 9.85. The molecule has 1 N–H and O–H groups in total. The largest absolute Gasteiger partial charge is 0.573 e. The van der Waals surface area contributed by atoms with E-state index in [4.69, 9.17) is 0 Å². The van der Waals surface area contributed by atoms with Crippen molar-refractivity contribution in [3.8, 4) is 5.75 Å². The van der Waals surface area contributed by atoms with Gasteiger partial charge in [0.1, 0.15) is 5.75 Å². The van der Waals surface area contributed by atoms with Gasteiger partial charge >= 0.3 is 6.36 Å². The predicted molar refractivity (Wildman–Crippen MR) is 77.9 cm³/mol. The predicted octanol–water partition coefficient (Wildman–Crippen LogP) is 2.72. The maximum absolute atomic E-state index is 12.1. The monoisotopic (exact) mass is 338 g/mol. The van der Waals surface area contributed by atoms with Crippen molar-refractivity contribution in [2.24, 2.45) is 0 Å². The van der Waals surface area contributed by atoms with Gasteiger partial charge in [-0.25, -0.2) is 0 Å². The first-order valence-corrected chi connectivity index (χ1v) is 6.68. The normalized spacial score (nSPS) is 17.7. The fraction of sp³-hybridized carbons (Fsp3) is 0.500. The summed E-state index contributed by atoms with van der Waals surface area (Å²) in [6.07, 6.45) is -2.89. The molecule has 1 saturated heterocycles. The van der Waals surface area contributed by atoms with E-state index in [0.717, 1.165) is 24.9 Å². The first kappa shape index (κ1) is 18.6. The Labute approximate surface area is 133 Å². The Balaban J connectivity index is 0.00000242. The summed E-state index contributed by atoms with van der Waals surface area (Å²) in [5.41, 5.74) is 0.748. The molecule has 1 aliphatic heterocycles. The van der Waals surface area contributed by atoms with E-state index in [1.165, 1.54) is 24.3 Å². The zero-order valence-electron chi connectivity index (χ0n) is 12.0. The van der Waals surface area contributed by atoms with E-state index in [9.17, 15) is 18.0 Å². The Morgan fingerprint density at radius 1 is 1.36 bits per heavy atom. The summed E-state index contributed by atoms with van der Waals surface area (Å²) in [7, 11) is 1.68. The van der Waals surface area contributed by atoms with Gasteiger partial charge in [0.25, 0.3) is 0 Å². The van der Waals surface area contributed by atoms with Crippen LogP contribution in [-0.2, 0) is 11.3 Å². The van der Waals surface area contributed by atoms with Crippen LogP contribution in [0.2, 0.25) is 0 Å². The number of carbonyl (C=O) groups is 1. The molecular formula is C14H18ClF3N2O2. The molecule has 0 aliphatic carbocycles. The van der Waals surface area contributed by atoms with Crippen LogP contribution in [0.15, 0.2) is 24.3 Å². The molecule has 1 aromatic rings. The van der Waals surface area contributed by atoms with Crippen molar-refractivity contribution in [3.05, 3.63) is 29.8 Å². The Bertz CT molecular complexity index is 488. The summed E-state index contributed by atoms with van der Waals surface area (Å²) < 4.78 is 39.9. The molecule has 0 spiro atoms. The van der Waals surface area contributed by atoms with Crippen molar-refractivity contribution in [1.82, 2.24) is 10.2 Å². The van der Waals surface area contributed by atoms with E-state index in [0.29, 0.717) is 6.54 Å². The van der Waals surface area contributed by atoms with E-state index in [-0.39, 0.29) is 30.1 Å². The molecule has 0 bridgehead atoms. The van der Waals surface area contributed by atoms with Crippen LogP contribution in [0.25, 0.3) is 0 Å². The fourth-order valence-corrected chi connectivity index (χ4v) is 2.31. The van der Waals surface area contributed by atoms with Gasteiger partial charge in [-0.1, -0.05) is 12.1 Å². The lowest BCUT2D eigenvalue weighted by Crippen LogP contribution is -2.41. The minimum atomic E-state index is -4.69. The highest BCUT2D eigenvalue weighted by molar-refractivity contribution is 5.85. The second kappa shape index (κ2) is 7.69. The molecule has 0 saturated carbocycles. The van der Waals surface area contributed by atoms with Crippen molar-refractivity contribution in [2.45, 2.75) is 31.8 Å². The lowest BCUT2D eigenvalue weighted by Gasteiger charge is -2.21. The SMILES string of the molecule is CN(Cc1ccc(OC(F)(F)F)cc1)C(=O)C1CCCN1.Cl. The van der Waals surface area contributed by atoms with Gasteiger partial charge in [-0.15, -0.1) is 25.6 Å². The molecule has 1 fully saturated rings. The Hall–Kier alpha value is -1.47. The lowest BCUT2D eigenvalue weighted by molar-refractivity contribution is -0.274. The second-order valence-electron chi connectivity index (χ2n) is 5.03. The quantitative estimate of drug-likeness (QED) is 0.918.